The number of anilines is 1. The molecular formula is C18H18FN3O4S. The van der Waals surface area contributed by atoms with Gasteiger partial charge in [-0.3, -0.25) is 0 Å². The summed E-state index contributed by atoms with van der Waals surface area (Å²) in [6.07, 6.45) is 0. The number of ether oxygens (including phenoxy) is 2. The van der Waals surface area contributed by atoms with E-state index in [1.165, 1.54) is 39.3 Å². The molecule has 0 saturated heterocycles. The first-order valence-electron chi connectivity index (χ1n) is 7.87. The van der Waals surface area contributed by atoms with Crippen molar-refractivity contribution in [1.82, 2.24) is 9.19 Å². The molecule has 1 heterocycles. The number of benzene rings is 2. The maximum absolute atomic E-state index is 13.5. The smallest absolute Gasteiger partial charge is 0.284 e. The van der Waals surface area contributed by atoms with Gasteiger partial charge >= 0.3 is 0 Å². The summed E-state index contributed by atoms with van der Waals surface area (Å²) in [5.41, 5.74) is 7.00. The first kappa shape index (κ1) is 18.7. The van der Waals surface area contributed by atoms with Crippen molar-refractivity contribution < 1.29 is 22.3 Å². The number of nitrogen functional groups attached to an aromatic ring is 1. The Hall–Kier alpha value is -3.07. The fourth-order valence-electron chi connectivity index (χ4n) is 2.55. The molecule has 0 aliphatic rings. The van der Waals surface area contributed by atoms with Crippen molar-refractivity contribution in [3.8, 4) is 22.8 Å². The van der Waals surface area contributed by atoms with E-state index in [1.807, 2.05) is 0 Å². The zero-order valence-corrected chi connectivity index (χ0v) is 15.7. The lowest BCUT2D eigenvalue weighted by molar-refractivity contribution is 0.394. The lowest BCUT2D eigenvalue weighted by Gasteiger charge is -2.08. The number of hydrogen-bond acceptors (Lipinski definition) is 6. The van der Waals surface area contributed by atoms with Crippen molar-refractivity contribution >= 4 is 15.8 Å². The molecule has 1 aromatic heterocycles. The average Bonchev–Trinajstić information content (AvgIpc) is 3.06. The van der Waals surface area contributed by atoms with Crippen molar-refractivity contribution in [3.05, 3.63) is 53.8 Å². The summed E-state index contributed by atoms with van der Waals surface area (Å²) in [4.78, 5) is -0.106. The first-order chi connectivity index (χ1) is 12.8. The number of halogens is 1. The van der Waals surface area contributed by atoms with Gasteiger partial charge in [0.05, 0.1) is 24.8 Å². The van der Waals surface area contributed by atoms with Gasteiger partial charge in [0, 0.05) is 17.7 Å². The normalized spacial score (nSPS) is 11.4. The minimum absolute atomic E-state index is 0.0752. The van der Waals surface area contributed by atoms with Crippen molar-refractivity contribution in [2.75, 3.05) is 20.0 Å². The Morgan fingerprint density at radius 2 is 1.67 bits per heavy atom. The Balaban J connectivity index is 2.10. The standard InChI is InChI=1S/C18H18FN3O4S/c1-11-6-15(4-5-16(11)19)27(23,24)22-18(20)10-17(21-22)12-7-13(25-2)9-14(8-12)26-3/h4-10H,20H2,1-3H3. The third kappa shape index (κ3) is 3.45. The third-order valence-electron chi connectivity index (χ3n) is 4.01. The van der Waals surface area contributed by atoms with Gasteiger partial charge in [-0.15, -0.1) is 4.09 Å². The van der Waals surface area contributed by atoms with Gasteiger partial charge in [-0.2, -0.15) is 13.5 Å². The minimum atomic E-state index is -4.08. The highest BCUT2D eigenvalue weighted by molar-refractivity contribution is 7.90. The quantitative estimate of drug-likeness (QED) is 0.718. The molecule has 0 spiro atoms. The Morgan fingerprint density at radius 1 is 1.04 bits per heavy atom. The van der Waals surface area contributed by atoms with E-state index in [0.717, 1.165) is 10.2 Å². The zero-order valence-electron chi connectivity index (χ0n) is 14.9. The van der Waals surface area contributed by atoms with Gasteiger partial charge in [-0.05, 0) is 42.8 Å². The molecule has 7 nitrogen and oxygen atoms in total. The van der Waals surface area contributed by atoms with E-state index >= 15 is 0 Å². The molecular weight excluding hydrogens is 373 g/mol. The van der Waals surface area contributed by atoms with E-state index in [4.69, 9.17) is 15.2 Å². The van der Waals surface area contributed by atoms with Crippen LogP contribution in [0.2, 0.25) is 0 Å². The molecule has 2 N–H and O–H groups in total. The number of nitrogens with zero attached hydrogens (tertiary/aromatic N) is 2. The van der Waals surface area contributed by atoms with Crippen LogP contribution in [0.25, 0.3) is 11.3 Å². The molecule has 0 saturated carbocycles. The van der Waals surface area contributed by atoms with E-state index in [9.17, 15) is 12.8 Å². The van der Waals surface area contributed by atoms with Crippen LogP contribution in [0.15, 0.2) is 47.4 Å². The predicted molar refractivity (Wildman–Crippen MR) is 98.9 cm³/mol. The molecule has 2 aromatic carbocycles. The lowest BCUT2D eigenvalue weighted by atomic mass is 10.1. The molecule has 3 aromatic rings. The van der Waals surface area contributed by atoms with Gasteiger partial charge in [0.2, 0.25) is 0 Å². The van der Waals surface area contributed by atoms with Crippen LogP contribution in [0, 0.1) is 12.7 Å². The zero-order chi connectivity index (χ0) is 19.8. The average molecular weight is 391 g/mol. The molecule has 0 atom stereocenters. The van der Waals surface area contributed by atoms with Gasteiger partial charge < -0.3 is 15.2 Å². The Kier molecular flexibility index (Phi) is 4.79. The Bertz CT molecular complexity index is 1090. The number of aryl methyl sites for hydroxylation is 1. The maximum Gasteiger partial charge on any atom is 0.284 e. The van der Waals surface area contributed by atoms with E-state index in [2.05, 4.69) is 5.10 Å². The summed E-state index contributed by atoms with van der Waals surface area (Å²) in [5.74, 6) is 0.476. The molecule has 0 aliphatic carbocycles. The van der Waals surface area contributed by atoms with Crippen LogP contribution < -0.4 is 15.2 Å². The van der Waals surface area contributed by atoms with E-state index in [0.29, 0.717) is 22.8 Å². The minimum Gasteiger partial charge on any atom is -0.497 e. The SMILES string of the molecule is COc1cc(OC)cc(-c2cc(N)n(S(=O)(=O)c3ccc(F)c(C)c3)n2)c1. The highest BCUT2D eigenvalue weighted by Crippen LogP contribution is 2.31. The first-order valence-corrected chi connectivity index (χ1v) is 9.31. The molecule has 0 fully saturated rings. The van der Waals surface area contributed by atoms with Crippen LogP contribution in [0.1, 0.15) is 5.56 Å². The van der Waals surface area contributed by atoms with Gasteiger partial charge in [-0.25, -0.2) is 4.39 Å². The third-order valence-corrected chi connectivity index (χ3v) is 5.60. The van der Waals surface area contributed by atoms with Crippen LogP contribution in [0.5, 0.6) is 11.5 Å². The van der Waals surface area contributed by atoms with Crippen molar-refractivity contribution in [2.24, 2.45) is 0 Å². The van der Waals surface area contributed by atoms with Crippen molar-refractivity contribution in [2.45, 2.75) is 11.8 Å². The van der Waals surface area contributed by atoms with Gasteiger partial charge in [0.15, 0.2) is 0 Å². The van der Waals surface area contributed by atoms with Crippen LogP contribution in [-0.4, -0.2) is 31.8 Å². The number of rotatable bonds is 5. The molecule has 142 valence electrons. The monoisotopic (exact) mass is 391 g/mol. The highest BCUT2D eigenvalue weighted by Gasteiger charge is 2.23. The molecule has 0 bridgehead atoms. The van der Waals surface area contributed by atoms with Gasteiger partial charge in [0.25, 0.3) is 10.0 Å². The topological polar surface area (TPSA) is 96.4 Å². The lowest BCUT2D eigenvalue weighted by Crippen LogP contribution is -2.17. The predicted octanol–water partition coefficient (Wildman–Crippen LogP) is 2.83. The summed E-state index contributed by atoms with van der Waals surface area (Å²) in [5, 5.41) is 4.13. The van der Waals surface area contributed by atoms with E-state index < -0.39 is 15.8 Å². The van der Waals surface area contributed by atoms with Crippen molar-refractivity contribution in [1.29, 1.82) is 0 Å². The number of methoxy groups -OCH3 is 2. The number of nitrogens with two attached hydrogens (primary N) is 1. The van der Waals surface area contributed by atoms with Crippen LogP contribution >= 0.6 is 0 Å². The second kappa shape index (κ2) is 6.92. The van der Waals surface area contributed by atoms with Gasteiger partial charge in [-0.1, -0.05) is 0 Å². The molecule has 0 radical (unpaired) electrons. The summed E-state index contributed by atoms with van der Waals surface area (Å²) in [6.45, 7) is 1.48. The maximum atomic E-state index is 13.5. The number of hydrogen-bond donors (Lipinski definition) is 1. The fraction of sp³-hybridized carbons (Fsp3) is 0.167. The van der Waals surface area contributed by atoms with Crippen LogP contribution in [0.3, 0.4) is 0 Å². The fourth-order valence-corrected chi connectivity index (χ4v) is 3.84. The second-order valence-electron chi connectivity index (χ2n) is 5.81. The molecule has 27 heavy (non-hydrogen) atoms. The van der Waals surface area contributed by atoms with E-state index in [1.54, 1.807) is 18.2 Å². The summed E-state index contributed by atoms with van der Waals surface area (Å²) < 4.78 is 50.3. The molecule has 3 rings (SSSR count). The Labute approximate surface area is 156 Å². The second-order valence-corrected chi connectivity index (χ2v) is 7.58. The van der Waals surface area contributed by atoms with Crippen LogP contribution in [-0.2, 0) is 10.0 Å². The summed E-state index contributed by atoms with van der Waals surface area (Å²) in [7, 11) is -1.06. The Morgan fingerprint density at radius 3 is 2.22 bits per heavy atom. The molecule has 9 heteroatoms. The number of aromatic nitrogens is 2. The molecule has 0 amide bonds. The highest BCUT2D eigenvalue weighted by atomic mass is 32.2. The largest absolute Gasteiger partial charge is 0.497 e. The molecule has 0 aliphatic heterocycles. The molecule has 0 unspecified atom stereocenters. The van der Waals surface area contributed by atoms with E-state index in [-0.39, 0.29) is 16.3 Å². The van der Waals surface area contributed by atoms with Gasteiger partial charge in [0.1, 0.15) is 23.1 Å². The summed E-state index contributed by atoms with van der Waals surface area (Å²) in [6, 6.07) is 9.99. The summed E-state index contributed by atoms with van der Waals surface area (Å²) >= 11 is 0. The van der Waals surface area contributed by atoms with Crippen LogP contribution in [0.4, 0.5) is 10.2 Å². The van der Waals surface area contributed by atoms with Crippen molar-refractivity contribution in [3.63, 3.8) is 0 Å².